The third-order valence-corrected chi connectivity index (χ3v) is 11.9. The standard InChI is InChI=1S/C23H42N2P2/c1-21(2,3)27(22(4,5)6)16-17-10-7-11-18(17)23(26,19-12-8-14-24-19)20-13-9-15-25-20/h7,10-11,17,19-20,24-25H,8-9,12-16,26H2,1-6H3. The molecule has 2 saturated heterocycles. The molecule has 2 heterocycles. The summed E-state index contributed by atoms with van der Waals surface area (Å²) < 4.78 is 0. The van der Waals surface area contributed by atoms with Gasteiger partial charge in [0.15, 0.2) is 0 Å². The normalized spacial score (nSPS) is 31.6. The Labute approximate surface area is 171 Å². The molecule has 2 N–H and O–H groups in total. The molecule has 3 aliphatic rings. The van der Waals surface area contributed by atoms with E-state index in [-0.39, 0.29) is 13.1 Å². The molecule has 0 aromatic carbocycles. The summed E-state index contributed by atoms with van der Waals surface area (Å²) in [4.78, 5) is 0. The molecule has 0 aromatic heterocycles. The molecule has 0 bridgehead atoms. The fourth-order valence-corrected chi connectivity index (χ4v) is 10.4. The molecular formula is C23H42N2P2. The summed E-state index contributed by atoms with van der Waals surface area (Å²) in [6.45, 7) is 17.1. The highest BCUT2D eigenvalue weighted by molar-refractivity contribution is 7.60. The van der Waals surface area contributed by atoms with Crippen molar-refractivity contribution in [2.24, 2.45) is 5.92 Å². The Morgan fingerprint density at radius 3 is 1.89 bits per heavy atom. The Balaban J connectivity index is 1.89. The second kappa shape index (κ2) is 8.18. The van der Waals surface area contributed by atoms with Crippen LogP contribution in [0.15, 0.2) is 23.8 Å². The SMILES string of the molecule is CC(C)(C)P(CC1C=CC=C1C(P)(C1CCCN1)C1CCCN1)C(C)(C)C. The Bertz CT molecular complexity index is 540. The molecule has 0 spiro atoms. The van der Waals surface area contributed by atoms with Crippen LogP contribution in [-0.4, -0.2) is 46.8 Å². The van der Waals surface area contributed by atoms with Crippen LogP contribution in [0.2, 0.25) is 0 Å². The Morgan fingerprint density at radius 1 is 0.963 bits per heavy atom. The maximum atomic E-state index is 3.86. The van der Waals surface area contributed by atoms with Gasteiger partial charge in [-0.25, -0.2) is 0 Å². The van der Waals surface area contributed by atoms with E-state index in [4.69, 9.17) is 0 Å². The monoisotopic (exact) mass is 408 g/mol. The number of hydrogen-bond donors (Lipinski definition) is 2. The van der Waals surface area contributed by atoms with Gasteiger partial charge in [-0.15, -0.1) is 9.24 Å². The van der Waals surface area contributed by atoms with Crippen LogP contribution in [0.3, 0.4) is 0 Å². The van der Waals surface area contributed by atoms with Crippen molar-refractivity contribution in [1.29, 1.82) is 0 Å². The van der Waals surface area contributed by atoms with E-state index in [0.29, 0.717) is 28.3 Å². The van der Waals surface area contributed by atoms with Crippen molar-refractivity contribution in [1.82, 2.24) is 10.6 Å². The lowest BCUT2D eigenvalue weighted by Crippen LogP contribution is -2.56. The quantitative estimate of drug-likeness (QED) is 0.604. The van der Waals surface area contributed by atoms with Gasteiger partial charge in [-0.3, -0.25) is 0 Å². The number of hydrogen-bond acceptors (Lipinski definition) is 2. The predicted molar refractivity (Wildman–Crippen MR) is 126 cm³/mol. The smallest absolute Gasteiger partial charge is 0.0370 e. The first-order valence-electron chi connectivity index (χ1n) is 11.0. The molecule has 0 aromatic rings. The van der Waals surface area contributed by atoms with Crippen LogP contribution in [-0.2, 0) is 0 Å². The van der Waals surface area contributed by atoms with E-state index in [9.17, 15) is 0 Å². The van der Waals surface area contributed by atoms with Crippen LogP contribution in [0.1, 0.15) is 67.2 Å². The molecule has 3 rings (SSSR count). The molecule has 0 amide bonds. The van der Waals surface area contributed by atoms with Crippen LogP contribution >= 0.6 is 17.2 Å². The van der Waals surface area contributed by atoms with E-state index < -0.39 is 0 Å². The molecule has 0 radical (unpaired) electrons. The van der Waals surface area contributed by atoms with Crippen molar-refractivity contribution in [3.63, 3.8) is 0 Å². The minimum absolute atomic E-state index is 0.0941. The molecule has 2 nitrogen and oxygen atoms in total. The fourth-order valence-electron chi connectivity index (χ4n) is 5.73. The molecule has 2 fully saturated rings. The highest BCUT2D eigenvalue weighted by Crippen LogP contribution is 2.62. The number of allylic oxidation sites excluding steroid dienone is 3. The maximum absolute atomic E-state index is 3.86. The Kier molecular flexibility index (Phi) is 6.65. The van der Waals surface area contributed by atoms with E-state index >= 15 is 0 Å². The van der Waals surface area contributed by atoms with Gasteiger partial charge >= 0.3 is 0 Å². The second-order valence-electron chi connectivity index (χ2n) is 10.8. The third-order valence-electron chi connectivity index (χ3n) is 6.79. The summed E-state index contributed by atoms with van der Waals surface area (Å²) in [6.07, 6.45) is 13.9. The third kappa shape index (κ3) is 4.55. The average molecular weight is 409 g/mol. The fraction of sp³-hybridized carbons (Fsp3) is 0.826. The molecular weight excluding hydrogens is 366 g/mol. The zero-order valence-corrected chi connectivity index (χ0v) is 20.5. The van der Waals surface area contributed by atoms with Crippen molar-refractivity contribution >= 4 is 17.2 Å². The van der Waals surface area contributed by atoms with Crippen LogP contribution in [0.4, 0.5) is 0 Å². The first kappa shape index (κ1) is 22.0. The molecule has 4 heteroatoms. The number of nitrogens with one attached hydrogen (secondary N) is 2. The second-order valence-corrected chi connectivity index (χ2v) is 15.7. The summed E-state index contributed by atoms with van der Waals surface area (Å²) in [5.41, 5.74) is 1.67. The van der Waals surface area contributed by atoms with Crippen molar-refractivity contribution < 1.29 is 0 Å². The molecule has 4 atom stereocenters. The average Bonchev–Trinajstić information content (AvgIpc) is 3.32. The minimum Gasteiger partial charge on any atom is -0.313 e. The van der Waals surface area contributed by atoms with Crippen LogP contribution in [0.5, 0.6) is 0 Å². The lowest BCUT2D eigenvalue weighted by molar-refractivity contribution is 0.373. The molecule has 27 heavy (non-hydrogen) atoms. The van der Waals surface area contributed by atoms with Gasteiger partial charge in [0.2, 0.25) is 0 Å². The van der Waals surface area contributed by atoms with E-state index in [1.165, 1.54) is 44.9 Å². The first-order chi connectivity index (χ1) is 12.5. The largest absolute Gasteiger partial charge is 0.313 e. The summed E-state index contributed by atoms with van der Waals surface area (Å²) in [7, 11) is 3.28. The molecule has 1 aliphatic carbocycles. The summed E-state index contributed by atoms with van der Waals surface area (Å²) >= 11 is 0. The first-order valence-corrected chi connectivity index (χ1v) is 13.1. The summed E-state index contributed by atoms with van der Waals surface area (Å²) in [6, 6.07) is 1.17. The predicted octanol–water partition coefficient (Wildman–Crippen LogP) is 5.30. The Morgan fingerprint density at radius 2 is 1.48 bits per heavy atom. The van der Waals surface area contributed by atoms with Crippen LogP contribution in [0.25, 0.3) is 0 Å². The highest BCUT2D eigenvalue weighted by Gasteiger charge is 2.49. The van der Waals surface area contributed by atoms with E-state index in [2.05, 4.69) is 79.6 Å². The minimum atomic E-state index is -0.0941. The van der Waals surface area contributed by atoms with Gasteiger partial charge in [-0.2, -0.15) is 0 Å². The molecule has 0 saturated carbocycles. The van der Waals surface area contributed by atoms with Gasteiger partial charge in [-0.1, -0.05) is 67.7 Å². The van der Waals surface area contributed by atoms with Gasteiger partial charge in [0.05, 0.1) is 0 Å². The van der Waals surface area contributed by atoms with Crippen molar-refractivity contribution in [2.75, 3.05) is 19.3 Å². The zero-order valence-electron chi connectivity index (χ0n) is 18.4. The summed E-state index contributed by atoms with van der Waals surface area (Å²) in [5, 5.41) is 8.64. The lowest BCUT2D eigenvalue weighted by Gasteiger charge is -2.47. The zero-order chi connectivity index (χ0) is 19.9. The van der Waals surface area contributed by atoms with Crippen molar-refractivity contribution in [3.8, 4) is 0 Å². The van der Waals surface area contributed by atoms with E-state index in [0.717, 1.165) is 0 Å². The van der Waals surface area contributed by atoms with Crippen LogP contribution < -0.4 is 10.6 Å². The van der Waals surface area contributed by atoms with Gasteiger partial charge in [0, 0.05) is 23.2 Å². The van der Waals surface area contributed by atoms with Gasteiger partial charge in [-0.05, 0) is 60.8 Å². The van der Waals surface area contributed by atoms with Gasteiger partial charge in [0.25, 0.3) is 0 Å². The number of rotatable bonds is 5. The topological polar surface area (TPSA) is 24.1 Å². The van der Waals surface area contributed by atoms with Crippen LogP contribution in [0, 0.1) is 5.92 Å². The van der Waals surface area contributed by atoms with Gasteiger partial charge in [0.1, 0.15) is 0 Å². The van der Waals surface area contributed by atoms with E-state index in [1.54, 1.807) is 5.57 Å². The highest BCUT2D eigenvalue weighted by atomic mass is 31.1. The lowest BCUT2D eigenvalue weighted by atomic mass is 9.78. The summed E-state index contributed by atoms with van der Waals surface area (Å²) in [5.74, 6) is 0.594. The maximum Gasteiger partial charge on any atom is 0.0370 e. The van der Waals surface area contributed by atoms with Crippen molar-refractivity contribution in [3.05, 3.63) is 23.8 Å². The molecule has 154 valence electrons. The van der Waals surface area contributed by atoms with Gasteiger partial charge < -0.3 is 10.6 Å². The van der Waals surface area contributed by atoms with Crippen molar-refractivity contribution in [2.45, 2.75) is 94.8 Å². The molecule has 2 aliphatic heterocycles. The Hall–Kier alpha value is 0.260. The van der Waals surface area contributed by atoms with E-state index in [1.807, 2.05) is 0 Å². The molecule has 4 unspecified atom stereocenters.